The van der Waals surface area contributed by atoms with Crippen LogP contribution in [0.5, 0.6) is 5.75 Å². The van der Waals surface area contributed by atoms with Crippen molar-refractivity contribution in [3.8, 4) is 17.0 Å². The van der Waals surface area contributed by atoms with Gasteiger partial charge >= 0.3 is 6.18 Å². The van der Waals surface area contributed by atoms with E-state index in [9.17, 15) is 22.4 Å². The zero-order valence-corrected chi connectivity index (χ0v) is 13.7. The Morgan fingerprint density at radius 1 is 1.25 bits per heavy atom. The van der Waals surface area contributed by atoms with Crippen LogP contribution in [0.25, 0.3) is 11.3 Å². The standard InChI is InChI=1S/C15H13ClF4N2O2/c1-7(2)24-12-4-8(10(17)5-9(12)16)14-11(23)6-13(15(18,19)20)22(3)21-14/h4-7H,1-3H3. The molecule has 0 radical (unpaired) electrons. The van der Waals surface area contributed by atoms with E-state index < -0.39 is 28.8 Å². The maximum absolute atomic E-state index is 14.1. The van der Waals surface area contributed by atoms with E-state index in [4.69, 9.17) is 16.3 Å². The topological polar surface area (TPSA) is 44.1 Å². The Balaban J connectivity index is 2.64. The maximum atomic E-state index is 14.1. The fourth-order valence-corrected chi connectivity index (χ4v) is 2.24. The molecule has 0 saturated heterocycles. The molecule has 0 atom stereocenters. The predicted octanol–water partition coefficient (Wildman–Crippen LogP) is 4.05. The number of rotatable bonds is 3. The van der Waals surface area contributed by atoms with Gasteiger partial charge in [0.05, 0.1) is 11.1 Å². The van der Waals surface area contributed by atoms with Crippen LogP contribution < -0.4 is 10.2 Å². The van der Waals surface area contributed by atoms with Crippen LogP contribution in [0, 0.1) is 5.82 Å². The lowest BCUT2D eigenvalue weighted by molar-refractivity contribution is -0.144. The van der Waals surface area contributed by atoms with Crippen molar-refractivity contribution < 1.29 is 22.3 Å². The number of hydrogen-bond donors (Lipinski definition) is 0. The first kappa shape index (κ1) is 18.3. The van der Waals surface area contributed by atoms with Gasteiger partial charge in [0.1, 0.15) is 23.0 Å². The van der Waals surface area contributed by atoms with Crippen molar-refractivity contribution in [1.29, 1.82) is 0 Å². The van der Waals surface area contributed by atoms with Gasteiger partial charge in [-0.1, -0.05) is 11.6 Å². The van der Waals surface area contributed by atoms with Crippen molar-refractivity contribution >= 4 is 11.6 Å². The molecule has 0 bridgehead atoms. The Labute approximate surface area is 139 Å². The van der Waals surface area contributed by atoms with Gasteiger partial charge in [-0.3, -0.25) is 9.48 Å². The molecule has 2 aromatic rings. The quantitative estimate of drug-likeness (QED) is 0.772. The number of aryl methyl sites for hydroxylation is 1. The fourth-order valence-electron chi connectivity index (χ4n) is 2.05. The largest absolute Gasteiger partial charge is 0.489 e. The molecule has 1 aromatic carbocycles. The molecule has 0 aliphatic heterocycles. The zero-order chi connectivity index (χ0) is 18.2. The molecule has 1 aromatic heterocycles. The summed E-state index contributed by atoms with van der Waals surface area (Å²) in [5.41, 5.74) is -3.04. The highest BCUT2D eigenvalue weighted by molar-refractivity contribution is 6.32. The minimum absolute atomic E-state index is 0.0197. The molecule has 0 unspecified atom stereocenters. The number of nitrogens with zero attached hydrogens (tertiary/aromatic N) is 2. The van der Waals surface area contributed by atoms with E-state index in [1.165, 1.54) is 0 Å². The lowest BCUT2D eigenvalue weighted by atomic mass is 10.1. The summed E-state index contributed by atoms with van der Waals surface area (Å²) in [6, 6.07) is 2.45. The van der Waals surface area contributed by atoms with Gasteiger partial charge in [0, 0.05) is 18.7 Å². The molecule has 0 saturated carbocycles. The van der Waals surface area contributed by atoms with Crippen LogP contribution in [0.4, 0.5) is 17.6 Å². The van der Waals surface area contributed by atoms with Crippen molar-refractivity contribution in [3.63, 3.8) is 0 Å². The Hall–Kier alpha value is -2.09. The summed E-state index contributed by atoms with van der Waals surface area (Å²) < 4.78 is 58.4. The summed E-state index contributed by atoms with van der Waals surface area (Å²) in [5.74, 6) is -0.785. The molecule has 130 valence electrons. The second-order valence-corrected chi connectivity index (χ2v) is 5.70. The predicted molar refractivity (Wildman–Crippen MR) is 80.6 cm³/mol. The van der Waals surface area contributed by atoms with Gasteiger partial charge in [0.25, 0.3) is 0 Å². The minimum atomic E-state index is -4.75. The number of aromatic nitrogens is 2. The highest BCUT2D eigenvalue weighted by atomic mass is 35.5. The molecule has 1 heterocycles. The Kier molecular flexibility index (Phi) is 4.89. The van der Waals surface area contributed by atoms with Gasteiger partial charge in [-0.2, -0.15) is 18.3 Å². The van der Waals surface area contributed by atoms with Crippen LogP contribution in [0.2, 0.25) is 5.02 Å². The molecule has 0 amide bonds. The summed E-state index contributed by atoms with van der Waals surface area (Å²) >= 11 is 5.87. The van der Waals surface area contributed by atoms with Crippen molar-refractivity contribution in [2.75, 3.05) is 0 Å². The Morgan fingerprint density at radius 2 is 1.88 bits per heavy atom. The van der Waals surface area contributed by atoms with E-state index >= 15 is 0 Å². The van der Waals surface area contributed by atoms with Crippen LogP contribution in [0.1, 0.15) is 19.5 Å². The van der Waals surface area contributed by atoms with E-state index in [0.29, 0.717) is 10.7 Å². The maximum Gasteiger partial charge on any atom is 0.433 e. The molecule has 0 fully saturated rings. The normalized spacial score (nSPS) is 11.9. The van der Waals surface area contributed by atoms with Crippen molar-refractivity contribution in [2.24, 2.45) is 7.05 Å². The van der Waals surface area contributed by atoms with E-state index in [1.54, 1.807) is 13.8 Å². The molecular formula is C15H13ClF4N2O2. The van der Waals surface area contributed by atoms with Crippen LogP contribution in [0.15, 0.2) is 23.0 Å². The number of benzene rings is 1. The molecule has 4 nitrogen and oxygen atoms in total. The van der Waals surface area contributed by atoms with Gasteiger partial charge < -0.3 is 4.74 Å². The fraction of sp³-hybridized carbons (Fsp3) is 0.333. The summed E-state index contributed by atoms with van der Waals surface area (Å²) in [6.07, 6.45) is -5.02. The third kappa shape index (κ3) is 3.69. The van der Waals surface area contributed by atoms with Crippen molar-refractivity contribution in [1.82, 2.24) is 9.78 Å². The molecule has 24 heavy (non-hydrogen) atoms. The highest BCUT2D eigenvalue weighted by Crippen LogP contribution is 2.33. The minimum Gasteiger partial charge on any atom is -0.489 e. The monoisotopic (exact) mass is 364 g/mol. The molecule has 0 N–H and O–H groups in total. The van der Waals surface area contributed by atoms with Crippen molar-refractivity contribution in [2.45, 2.75) is 26.1 Å². The Morgan fingerprint density at radius 3 is 2.42 bits per heavy atom. The van der Waals surface area contributed by atoms with Gasteiger partial charge in [-0.15, -0.1) is 0 Å². The lowest BCUT2D eigenvalue weighted by Gasteiger charge is -2.15. The second kappa shape index (κ2) is 6.43. The van der Waals surface area contributed by atoms with E-state index in [-0.39, 0.29) is 22.4 Å². The van der Waals surface area contributed by atoms with Gasteiger partial charge in [-0.05, 0) is 26.0 Å². The Bertz CT molecular complexity index is 831. The molecule has 0 aliphatic carbocycles. The summed E-state index contributed by atoms with van der Waals surface area (Å²) in [7, 11) is 1.02. The molecule has 0 aliphatic rings. The zero-order valence-electron chi connectivity index (χ0n) is 12.9. The first-order valence-electron chi connectivity index (χ1n) is 6.82. The van der Waals surface area contributed by atoms with Crippen LogP contribution in [-0.2, 0) is 13.2 Å². The average molecular weight is 365 g/mol. The first-order valence-corrected chi connectivity index (χ1v) is 7.20. The molecular weight excluding hydrogens is 352 g/mol. The van der Waals surface area contributed by atoms with Crippen LogP contribution in [-0.4, -0.2) is 15.9 Å². The van der Waals surface area contributed by atoms with Gasteiger partial charge in [-0.25, -0.2) is 4.39 Å². The third-order valence-electron chi connectivity index (χ3n) is 3.03. The average Bonchev–Trinajstić information content (AvgIpc) is 2.42. The summed E-state index contributed by atoms with van der Waals surface area (Å²) in [4.78, 5) is 12.0. The van der Waals surface area contributed by atoms with Crippen LogP contribution in [0.3, 0.4) is 0 Å². The lowest BCUT2D eigenvalue weighted by Crippen LogP contribution is -2.23. The second-order valence-electron chi connectivity index (χ2n) is 5.29. The van der Waals surface area contributed by atoms with Gasteiger partial charge in [0.15, 0.2) is 0 Å². The van der Waals surface area contributed by atoms with E-state index in [1.807, 2.05) is 0 Å². The third-order valence-corrected chi connectivity index (χ3v) is 3.33. The number of alkyl halides is 3. The van der Waals surface area contributed by atoms with E-state index in [2.05, 4.69) is 5.10 Å². The highest BCUT2D eigenvalue weighted by Gasteiger charge is 2.34. The smallest absolute Gasteiger partial charge is 0.433 e. The van der Waals surface area contributed by atoms with Crippen LogP contribution >= 0.6 is 11.6 Å². The van der Waals surface area contributed by atoms with E-state index in [0.717, 1.165) is 19.2 Å². The SMILES string of the molecule is CC(C)Oc1cc(-c2nn(C)c(C(F)(F)F)cc2=O)c(F)cc1Cl. The first-order chi connectivity index (χ1) is 11.0. The number of halogens is 5. The van der Waals surface area contributed by atoms with Gasteiger partial charge in [0.2, 0.25) is 5.43 Å². The summed E-state index contributed by atoms with van der Waals surface area (Å²) in [5, 5.41) is 3.55. The number of ether oxygens (including phenoxy) is 1. The number of hydrogen-bond acceptors (Lipinski definition) is 3. The molecule has 9 heteroatoms. The molecule has 2 rings (SSSR count). The summed E-state index contributed by atoms with van der Waals surface area (Å²) in [6.45, 7) is 3.43. The van der Waals surface area contributed by atoms with Crippen molar-refractivity contribution in [3.05, 3.63) is 45.0 Å². The molecule has 0 spiro atoms.